The van der Waals surface area contributed by atoms with Crippen molar-refractivity contribution in [2.45, 2.75) is 26.8 Å². The highest BCUT2D eigenvalue weighted by atomic mass is 16.1. The number of Topliss-reactive ketones (excluding diaryl/α,β-unsaturated/α-hetero) is 1. The number of imidazole rings is 2. The predicted octanol–water partition coefficient (Wildman–Crippen LogP) is 5.02. The summed E-state index contributed by atoms with van der Waals surface area (Å²) in [5, 5.41) is 0. The lowest BCUT2D eigenvalue weighted by Crippen LogP contribution is -2.06. The summed E-state index contributed by atoms with van der Waals surface area (Å²) in [6.07, 6.45) is 9.58. The minimum atomic E-state index is 0.0806. The number of rotatable bonds is 5. The number of hydrogen-bond acceptors (Lipinski definition) is 3. The van der Waals surface area contributed by atoms with Crippen LogP contribution in [-0.2, 0) is 13.0 Å². The molecule has 0 saturated heterocycles. The lowest BCUT2D eigenvalue weighted by atomic mass is 9.97. The number of aromatic nitrogens is 4. The summed E-state index contributed by atoms with van der Waals surface area (Å²) in [4.78, 5) is 21.6. The fraction of sp³-hybridized carbons (Fsp3) is 0.138. The molecule has 0 saturated carbocycles. The molecule has 0 atom stereocenters. The maximum atomic E-state index is 13.1. The molecule has 166 valence electrons. The van der Waals surface area contributed by atoms with Crippen molar-refractivity contribution in [3.63, 3.8) is 0 Å². The van der Waals surface area contributed by atoms with E-state index in [2.05, 4.69) is 46.9 Å². The van der Waals surface area contributed by atoms with Crippen molar-refractivity contribution in [3.8, 4) is 11.8 Å². The van der Waals surface area contributed by atoms with Gasteiger partial charge < -0.3 is 4.57 Å². The molecule has 0 unspecified atom stereocenters. The number of benzene rings is 2. The number of carbonyl (C=O) groups excluding carboxylic acids is 1. The van der Waals surface area contributed by atoms with Crippen molar-refractivity contribution < 1.29 is 4.79 Å². The summed E-state index contributed by atoms with van der Waals surface area (Å²) < 4.78 is 3.98. The molecular weight excluding hydrogens is 420 g/mol. The molecule has 5 aromatic rings. The first kappa shape index (κ1) is 21.4. The number of carbonyl (C=O) groups is 1. The fourth-order valence-electron chi connectivity index (χ4n) is 4.11. The Morgan fingerprint density at radius 3 is 2.71 bits per heavy atom. The van der Waals surface area contributed by atoms with Gasteiger partial charge in [0.25, 0.3) is 0 Å². The van der Waals surface area contributed by atoms with Crippen molar-refractivity contribution in [2.24, 2.45) is 0 Å². The summed E-state index contributed by atoms with van der Waals surface area (Å²) in [6.45, 7) is 4.80. The third-order valence-corrected chi connectivity index (χ3v) is 5.79. The van der Waals surface area contributed by atoms with Gasteiger partial charge in [-0.15, -0.1) is 0 Å². The summed E-state index contributed by atoms with van der Waals surface area (Å²) in [5.74, 6) is 6.53. The summed E-state index contributed by atoms with van der Waals surface area (Å²) in [7, 11) is 0. The zero-order valence-corrected chi connectivity index (χ0v) is 19.2. The maximum Gasteiger partial charge on any atom is 0.167 e. The van der Waals surface area contributed by atoms with E-state index in [0.717, 1.165) is 45.7 Å². The summed E-state index contributed by atoms with van der Waals surface area (Å²) >= 11 is 0. The van der Waals surface area contributed by atoms with Gasteiger partial charge in [-0.3, -0.25) is 9.20 Å². The van der Waals surface area contributed by atoms with Gasteiger partial charge >= 0.3 is 0 Å². The molecule has 0 fully saturated rings. The number of fused-ring (bicyclic) bond motifs is 1. The van der Waals surface area contributed by atoms with E-state index >= 15 is 0 Å². The van der Waals surface area contributed by atoms with Crippen molar-refractivity contribution in [1.29, 1.82) is 0 Å². The van der Waals surface area contributed by atoms with Crippen LogP contribution in [0.1, 0.15) is 43.9 Å². The third kappa shape index (κ3) is 4.67. The maximum absolute atomic E-state index is 13.1. The van der Waals surface area contributed by atoms with Crippen LogP contribution in [0.25, 0.3) is 5.65 Å². The van der Waals surface area contributed by atoms with Crippen LogP contribution in [0.3, 0.4) is 0 Å². The molecule has 3 aromatic heterocycles. The highest BCUT2D eigenvalue weighted by molar-refractivity contribution is 5.98. The van der Waals surface area contributed by atoms with Crippen molar-refractivity contribution >= 4 is 11.4 Å². The van der Waals surface area contributed by atoms with Gasteiger partial charge in [-0.25, -0.2) is 9.97 Å². The number of nitrogens with zero attached hydrogens (tertiary/aromatic N) is 4. The topological polar surface area (TPSA) is 52.2 Å². The smallest absolute Gasteiger partial charge is 0.167 e. The average molecular weight is 445 g/mol. The van der Waals surface area contributed by atoms with Crippen LogP contribution in [0.15, 0.2) is 85.7 Å². The number of aryl methyl sites for hydroxylation is 2. The molecule has 5 heteroatoms. The van der Waals surface area contributed by atoms with Crippen molar-refractivity contribution in [2.75, 3.05) is 0 Å². The second-order valence-corrected chi connectivity index (χ2v) is 8.51. The van der Waals surface area contributed by atoms with E-state index in [-0.39, 0.29) is 5.78 Å². The second-order valence-electron chi connectivity index (χ2n) is 8.51. The molecule has 0 aliphatic rings. The van der Waals surface area contributed by atoms with Crippen LogP contribution in [0, 0.1) is 25.7 Å². The quantitative estimate of drug-likeness (QED) is 0.283. The lowest BCUT2D eigenvalue weighted by molar-refractivity contribution is 0.0993. The van der Waals surface area contributed by atoms with Crippen LogP contribution >= 0.6 is 0 Å². The van der Waals surface area contributed by atoms with E-state index in [4.69, 9.17) is 0 Å². The molecule has 2 aromatic carbocycles. The van der Waals surface area contributed by atoms with Gasteiger partial charge in [-0.1, -0.05) is 47.9 Å². The standard InChI is InChI=1S/C29H24N4O/c1-21-13-23(15-24(14-21)19-32-12-10-30-20-32)16-28(34)26-7-6-22(2)25(17-26)8-9-27-18-31-29-5-3-4-11-33(27)29/h3-7,10-15,17-18,20H,16,19H2,1-2H3. The van der Waals surface area contributed by atoms with Crippen LogP contribution in [0.2, 0.25) is 0 Å². The molecule has 0 radical (unpaired) electrons. The zero-order chi connectivity index (χ0) is 23.5. The van der Waals surface area contributed by atoms with Gasteiger partial charge in [0.05, 0.1) is 12.5 Å². The Labute approximate surface area is 198 Å². The van der Waals surface area contributed by atoms with E-state index in [1.807, 2.05) is 64.7 Å². The lowest BCUT2D eigenvalue weighted by Gasteiger charge is -2.09. The average Bonchev–Trinajstić information content (AvgIpc) is 3.48. The molecule has 0 aliphatic heterocycles. The zero-order valence-electron chi connectivity index (χ0n) is 19.2. The molecule has 0 N–H and O–H groups in total. The van der Waals surface area contributed by atoms with Gasteiger partial charge in [-0.05, 0) is 54.7 Å². The highest BCUT2D eigenvalue weighted by Gasteiger charge is 2.11. The minimum Gasteiger partial charge on any atom is -0.333 e. The predicted molar refractivity (Wildman–Crippen MR) is 133 cm³/mol. The largest absolute Gasteiger partial charge is 0.333 e. The van der Waals surface area contributed by atoms with Crippen molar-refractivity contribution in [3.05, 3.63) is 125 Å². The number of hydrogen-bond donors (Lipinski definition) is 0. The normalized spacial score (nSPS) is 10.8. The monoisotopic (exact) mass is 444 g/mol. The van der Waals surface area contributed by atoms with Crippen LogP contribution < -0.4 is 0 Å². The second kappa shape index (κ2) is 9.21. The molecule has 5 nitrogen and oxygen atoms in total. The number of pyridine rings is 1. The van der Waals surface area contributed by atoms with Crippen molar-refractivity contribution in [1.82, 2.24) is 18.9 Å². The first-order valence-electron chi connectivity index (χ1n) is 11.2. The molecule has 34 heavy (non-hydrogen) atoms. The van der Waals surface area contributed by atoms with Crippen LogP contribution in [0.5, 0.6) is 0 Å². The summed E-state index contributed by atoms with van der Waals surface area (Å²) in [6, 6.07) is 17.9. The Balaban J connectivity index is 1.38. The minimum absolute atomic E-state index is 0.0806. The molecule has 0 bridgehead atoms. The molecule has 0 spiro atoms. The molecular formula is C29H24N4O. The first-order chi connectivity index (χ1) is 16.5. The first-order valence-corrected chi connectivity index (χ1v) is 11.2. The third-order valence-electron chi connectivity index (χ3n) is 5.79. The Morgan fingerprint density at radius 1 is 0.971 bits per heavy atom. The Kier molecular flexibility index (Phi) is 5.80. The SMILES string of the molecule is Cc1cc(CC(=O)c2ccc(C)c(C#Cc3cnc4ccccn34)c2)cc(Cn2ccnc2)c1. The Morgan fingerprint density at radius 2 is 1.85 bits per heavy atom. The van der Waals surface area contributed by atoms with Crippen LogP contribution in [-0.4, -0.2) is 24.7 Å². The van der Waals surface area contributed by atoms with Gasteiger partial charge in [0, 0.05) is 42.7 Å². The molecule has 5 rings (SSSR count). The molecule has 0 aliphatic carbocycles. The Bertz CT molecular complexity index is 1550. The van der Waals surface area contributed by atoms with E-state index < -0.39 is 0 Å². The fourth-order valence-corrected chi connectivity index (χ4v) is 4.11. The number of ketones is 1. The van der Waals surface area contributed by atoms with E-state index in [1.165, 1.54) is 0 Å². The van der Waals surface area contributed by atoms with E-state index in [0.29, 0.717) is 12.0 Å². The summed E-state index contributed by atoms with van der Waals surface area (Å²) in [5.41, 5.74) is 7.55. The molecule has 3 heterocycles. The van der Waals surface area contributed by atoms with Crippen LogP contribution in [0.4, 0.5) is 0 Å². The Hall–Kier alpha value is -4.43. The van der Waals surface area contributed by atoms with Gasteiger partial charge in [0.15, 0.2) is 5.78 Å². The van der Waals surface area contributed by atoms with E-state index in [9.17, 15) is 4.79 Å². The highest BCUT2D eigenvalue weighted by Crippen LogP contribution is 2.17. The molecule has 0 amide bonds. The van der Waals surface area contributed by atoms with Gasteiger partial charge in [0.2, 0.25) is 0 Å². The van der Waals surface area contributed by atoms with E-state index in [1.54, 1.807) is 18.7 Å². The van der Waals surface area contributed by atoms with Gasteiger partial charge in [0.1, 0.15) is 11.3 Å². The van der Waals surface area contributed by atoms with Gasteiger partial charge in [-0.2, -0.15) is 0 Å².